The first-order chi connectivity index (χ1) is 7.29. The topological polar surface area (TPSA) is 38.3 Å². The number of carbonyl (C=O) groups excluding carboxylic acids is 1. The molecule has 16 heavy (non-hydrogen) atoms. The van der Waals surface area contributed by atoms with Gasteiger partial charge in [0, 0.05) is 12.6 Å². The van der Waals surface area contributed by atoms with Gasteiger partial charge in [-0.3, -0.25) is 4.79 Å². The molecule has 0 saturated carbocycles. The number of nitrogens with one attached hydrogen (secondary N) is 1. The predicted octanol–water partition coefficient (Wildman–Crippen LogP) is 2.35. The van der Waals surface area contributed by atoms with Gasteiger partial charge in [-0.25, -0.2) is 0 Å². The lowest BCUT2D eigenvalue weighted by atomic mass is 9.89. The van der Waals surface area contributed by atoms with Gasteiger partial charge in [-0.2, -0.15) is 0 Å². The van der Waals surface area contributed by atoms with E-state index >= 15 is 0 Å². The van der Waals surface area contributed by atoms with Crippen molar-refractivity contribution >= 4 is 5.97 Å². The Kier molecular flexibility index (Phi) is 4.36. The largest absolute Gasteiger partial charge is 0.460 e. The van der Waals surface area contributed by atoms with Crippen LogP contribution in [0.15, 0.2) is 0 Å². The zero-order valence-electron chi connectivity index (χ0n) is 11.2. The van der Waals surface area contributed by atoms with Crippen molar-refractivity contribution in [3.63, 3.8) is 0 Å². The summed E-state index contributed by atoms with van der Waals surface area (Å²) in [6, 6.07) is 0.554. The van der Waals surface area contributed by atoms with Crippen LogP contribution in [0.4, 0.5) is 0 Å². The predicted molar refractivity (Wildman–Crippen MR) is 65.2 cm³/mol. The molecule has 0 aromatic rings. The molecule has 1 aliphatic heterocycles. The van der Waals surface area contributed by atoms with Crippen molar-refractivity contribution in [2.75, 3.05) is 6.54 Å². The summed E-state index contributed by atoms with van der Waals surface area (Å²) in [6.07, 6.45) is 2.02. The minimum absolute atomic E-state index is 0.0363. The van der Waals surface area contributed by atoms with Crippen LogP contribution in [-0.2, 0) is 9.53 Å². The fraction of sp³-hybridized carbons (Fsp3) is 0.923. The maximum Gasteiger partial charge on any atom is 0.310 e. The Balaban J connectivity index is 2.39. The van der Waals surface area contributed by atoms with Gasteiger partial charge < -0.3 is 10.1 Å². The monoisotopic (exact) mass is 227 g/mol. The maximum atomic E-state index is 11.8. The summed E-state index contributed by atoms with van der Waals surface area (Å²) >= 11 is 0. The van der Waals surface area contributed by atoms with Crippen LogP contribution in [0.2, 0.25) is 0 Å². The minimum Gasteiger partial charge on any atom is -0.460 e. The van der Waals surface area contributed by atoms with Gasteiger partial charge in [-0.1, -0.05) is 13.8 Å². The summed E-state index contributed by atoms with van der Waals surface area (Å²) in [5.41, 5.74) is -0.369. The van der Waals surface area contributed by atoms with E-state index in [0.717, 1.165) is 19.4 Å². The van der Waals surface area contributed by atoms with Crippen molar-refractivity contribution in [1.29, 1.82) is 0 Å². The van der Waals surface area contributed by atoms with Crippen molar-refractivity contribution in [3.8, 4) is 0 Å². The van der Waals surface area contributed by atoms with E-state index in [4.69, 9.17) is 4.74 Å². The molecule has 3 heteroatoms. The third kappa shape index (κ3) is 4.12. The van der Waals surface area contributed by atoms with Gasteiger partial charge in [0.15, 0.2) is 0 Å². The van der Waals surface area contributed by atoms with Crippen LogP contribution in [-0.4, -0.2) is 24.2 Å². The molecule has 0 unspecified atom stereocenters. The molecule has 0 spiro atoms. The van der Waals surface area contributed by atoms with Crippen LogP contribution in [0.1, 0.15) is 47.5 Å². The van der Waals surface area contributed by atoms with E-state index in [1.165, 1.54) is 0 Å². The summed E-state index contributed by atoms with van der Waals surface area (Å²) in [5.74, 6) is 0.621. The average Bonchev–Trinajstić information content (AvgIpc) is 2.15. The standard InChI is InChI=1S/C13H25NO2/c1-9(2)11-7-6-10(8-14-11)12(15)16-13(3,4)5/h9-11,14H,6-8H2,1-5H3/t10-,11-/m1/s1. The number of rotatable bonds is 2. The van der Waals surface area contributed by atoms with Crippen LogP contribution >= 0.6 is 0 Å². The van der Waals surface area contributed by atoms with E-state index in [1.807, 2.05) is 20.8 Å². The molecule has 94 valence electrons. The molecular formula is C13H25NO2. The first-order valence-corrected chi connectivity index (χ1v) is 6.26. The van der Waals surface area contributed by atoms with Gasteiger partial charge in [0.25, 0.3) is 0 Å². The molecule has 0 bridgehead atoms. The zero-order chi connectivity index (χ0) is 12.3. The minimum atomic E-state index is -0.369. The second-order valence-electron chi connectivity index (χ2n) is 6.07. The first kappa shape index (κ1) is 13.5. The molecule has 1 heterocycles. The summed E-state index contributed by atoms with van der Waals surface area (Å²) in [6.45, 7) is 10.9. The molecule has 1 saturated heterocycles. The SMILES string of the molecule is CC(C)[C@H]1CC[C@@H](C(=O)OC(C)(C)C)CN1. The first-order valence-electron chi connectivity index (χ1n) is 6.26. The number of hydrogen-bond acceptors (Lipinski definition) is 3. The molecule has 2 atom stereocenters. The van der Waals surface area contributed by atoms with Gasteiger partial charge in [0.1, 0.15) is 5.60 Å². The number of piperidine rings is 1. The lowest BCUT2D eigenvalue weighted by Crippen LogP contribution is -2.45. The van der Waals surface area contributed by atoms with Crippen molar-refractivity contribution in [2.24, 2.45) is 11.8 Å². The zero-order valence-corrected chi connectivity index (χ0v) is 11.2. The Labute approximate surface area is 98.9 Å². The number of esters is 1. The number of hydrogen-bond donors (Lipinski definition) is 1. The number of carbonyl (C=O) groups is 1. The van der Waals surface area contributed by atoms with Crippen LogP contribution < -0.4 is 5.32 Å². The Morgan fingerprint density at radius 3 is 2.31 bits per heavy atom. The molecule has 1 fully saturated rings. The van der Waals surface area contributed by atoms with Crippen molar-refractivity contribution in [1.82, 2.24) is 5.32 Å². The quantitative estimate of drug-likeness (QED) is 0.736. The fourth-order valence-corrected chi connectivity index (χ4v) is 2.03. The third-order valence-electron chi connectivity index (χ3n) is 3.00. The van der Waals surface area contributed by atoms with Crippen LogP contribution in [0, 0.1) is 11.8 Å². The smallest absolute Gasteiger partial charge is 0.310 e. The van der Waals surface area contributed by atoms with Crippen LogP contribution in [0.5, 0.6) is 0 Å². The summed E-state index contributed by atoms with van der Waals surface area (Å²) in [7, 11) is 0. The van der Waals surface area contributed by atoms with Crippen molar-refractivity contribution < 1.29 is 9.53 Å². The van der Waals surface area contributed by atoms with Crippen LogP contribution in [0.3, 0.4) is 0 Å². The summed E-state index contributed by atoms with van der Waals surface area (Å²) < 4.78 is 5.39. The molecule has 1 aliphatic rings. The highest BCUT2D eigenvalue weighted by molar-refractivity contribution is 5.73. The Morgan fingerprint density at radius 1 is 1.31 bits per heavy atom. The van der Waals surface area contributed by atoms with E-state index in [1.54, 1.807) is 0 Å². The van der Waals surface area contributed by atoms with Crippen molar-refractivity contribution in [3.05, 3.63) is 0 Å². The molecule has 0 radical (unpaired) electrons. The highest BCUT2D eigenvalue weighted by atomic mass is 16.6. The lowest BCUT2D eigenvalue weighted by Gasteiger charge is -2.32. The number of ether oxygens (including phenoxy) is 1. The molecular weight excluding hydrogens is 202 g/mol. The second-order valence-corrected chi connectivity index (χ2v) is 6.07. The van der Waals surface area contributed by atoms with E-state index in [2.05, 4.69) is 19.2 Å². The summed E-state index contributed by atoms with van der Waals surface area (Å²) in [4.78, 5) is 11.8. The fourth-order valence-electron chi connectivity index (χ4n) is 2.03. The molecule has 1 rings (SSSR count). The Bertz CT molecular complexity index is 235. The average molecular weight is 227 g/mol. The Morgan fingerprint density at radius 2 is 1.94 bits per heavy atom. The molecule has 0 amide bonds. The second kappa shape index (κ2) is 5.17. The summed E-state index contributed by atoms with van der Waals surface area (Å²) in [5, 5.41) is 3.43. The molecule has 1 N–H and O–H groups in total. The molecule has 0 aromatic carbocycles. The van der Waals surface area contributed by atoms with Gasteiger partial charge in [0.2, 0.25) is 0 Å². The van der Waals surface area contributed by atoms with Gasteiger partial charge in [0.05, 0.1) is 5.92 Å². The molecule has 3 nitrogen and oxygen atoms in total. The molecule has 0 aromatic heterocycles. The van der Waals surface area contributed by atoms with Gasteiger partial charge >= 0.3 is 5.97 Å². The Hall–Kier alpha value is -0.570. The molecule has 0 aliphatic carbocycles. The van der Waals surface area contributed by atoms with E-state index < -0.39 is 0 Å². The van der Waals surface area contributed by atoms with E-state index in [0.29, 0.717) is 12.0 Å². The van der Waals surface area contributed by atoms with Gasteiger partial charge in [-0.05, 0) is 39.5 Å². The van der Waals surface area contributed by atoms with E-state index in [9.17, 15) is 4.79 Å². The highest BCUT2D eigenvalue weighted by Gasteiger charge is 2.30. The lowest BCUT2D eigenvalue weighted by molar-refractivity contribution is -0.160. The highest BCUT2D eigenvalue weighted by Crippen LogP contribution is 2.21. The van der Waals surface area contributed by atoms with Crippen molar-refractivity contribution in [2.45, 2.75) is 59.1 Å². The third-order valence-corrected chi connectivity index (χ3v) is 3.00. The normalized spacial score (nSPS) is 26.9. The van der Waals surface area contributed by atoms with Gasteiger partial charge in [-0.15, -0.1) is 0 Å². The van der Waals surface area contributed by atoms with E-state index in [-0.39, 0.29) is 17.5 Å². The maximum absolute atomic E-state index is 11.8. The van der Waals surface area contributed by atoms with Crippen LogP contribution in [0.25, 0.3) is 0 Å².